The van der Waals surface area contributed by atoms with E-state index in [0.29, 0.717) is 18.1 Å². The van der Waals surface area contributed by atoms with Crippen LogP contribution in [0.5, 0.6) is 0 Å². The van der Waals surface area contributed by atoms with E-state index in [9.17, 15) is 15.0 Å². The fourth-order valence-corrected chi connectivity index (χ4v) is 4.57. The Hall–Kier alpha value is -0.850. The van der Waals surface area contributed by atoms with Crippen molar-refractivity contribution in [3.05, 3.63) is 0 Å². The van der Waals surface area contributed by atoms with E-state index in [1.807, 2.05) is 6.92 Å². The molecule has 3 aliphatic carbocycles. The van der Waals surface area contributed by atoms with Gasteiger partial charge in [-0.3, -0.25) is 4.79 Å². The Kier molecular flexibility index (Phi) is 4.38. The first-order chi connectivity index (χ1) is 10.1. The second kappa shape index (κ2) is 6.10. The predicted octanol–water partition coefficient (Wildman–Crippen LogP) is 2.15. The number of hydrogen-bond donors (Lipinski definition) is 2. The lowest BCUT2D eigenvalue weighted by Crippen LogP contribution is -2.55. The van der Waals surface area contributed by atoms with Crippen molar-refractivity contribution in [2.24, 2.45) is 29.6 Å². The van der Waals surface area contributed by atoms with E-state index in [0.717, 1.165) is 19.3 Å². The number of carbonyl (C=O) groups is 1. The van der Waals surface area contributed by atoms with E-state index in [4.69, 9.17) is 0 Å². The van der Waals surface area contributed by atoms with Crippen LogP contribution < -0.4 is 0 Å². The number of aliphatic hydroxyl groups excluding tert-OH is 2. The van der Waals surface area contributed by atoms with Crippen LogP contribution in [0.25, 0.3) is 0 Å². The molecule has 0 aromatic carbocycles. The highest BCUT2D eigenvalue weighted by Crippen LogP contribution is 2.49. The Balaban J connectivity index is 1.68. The molecule has 3 fully saturated rings. The summed E-state index contributed by atoms with van der Waals surface area (Å²) in [5, 5.41) is 20.5. The van der Waals surface area contributed by atoms with Gasteiger partial charge in [0.1, 0.15) is 11.9 Å². The van der Waals surface area contributed by atoms with Crippen molar-refractivity contribution in [3.63, 3.8) is 0 Å². The molecule has 3 heteroatoms. The average Bonchev–Trinajstić information content (AvgIpc) is 2.53. The van der Waals surface area contributed by atoms with E-state index >= 15 is 0 Å². The van der Waals surface area contributed by atoms with Gasteiger partial charge in [-0.25, -0.2) is 0 Å². The topological polar surface area (TPSA) is 57.5 Å². The van der Waals surface area contributed by atoms with E-state index in [-0.39, 0.29) is 23.7 Å². The van der Waals surface area contributed by atoms with Gasteiger partial charge >= 0.3 is 0 Å². The SMILES string of the molecule is C[C@H]1C(=O)[C@H]2CC[C@@H](O)[C@@H](C#C[C@@H](O)C3CCCCC3)[C@H]21. The van der Waals surface area contributed by atoms with Crippen LogP contribution in [-0.4, -0.2) is 28.2 Å². The first-order valence-electron chi connectivity index (χ1n) is 8.50. The average molecular weight is 290 g/mol. The second-order valence-electron chi connectivity index (χ2n) is 7.18. The molecule has 0 spiro atoms. The van der Waals surface area contributed by atoms with Gasteiger partial charge in [0.15, 0.2) is 0 Å². The summed E-state index contributed by atoms with van der Waals surface area (Å²) >= 11 is 0. The number of hydrogen-bond acceptors (Lipinski definition) is 3. The molecule has 2 N–H and O–H groups in total. The van der Waals surface area contributed by atoms with Crippen LogP contribution in [-0.2, 0) is 4.79 Å². The van der Waals surface area contributed by atoms with Gasteiger partial charge in [0, 0.05) is 11.8 Å². The van der Waals surface area contributed by atoms with Crippen molar-refractivity contribution in [2.75, 3.05) is 0 Å². The Labute approximate surface area is 127 Å². The largest absolute Gasteiger partial charge is 0.392 e. The number of aliphatic hydroxyl groups is 2. The molecule has 3 rings (SSSR count). The highest BCUT2D eigenvalue weighted by Gasteiger charge is 2.54. The van der Waals surface area contributed by atoms with Gasteiger partial charge in [-0.05, 0) is 37.5 Å². The normalized spacial score (nSPS) is 41.5. The van der Waals surface area contributed by atoms with Crippen LogP contribution in [0.2, 0.25) is 0 Å². The zero-order valence-electron chi connectivity index (χ0n) is 12.8. The minimum absolute atomic E-state index is 0.0241. The lowest BCUT2D eigenvalue weighted by atomic mass is 9.53. The smallest absolute Gasteiger partial charge is 0.139 e. The van der Waals surface area contributed by atoms with E-state index < -0.39 is 12.2 Å². The summed E-state index contributed by atoms with van der Waals surface area (Å²) in [5.41, 5.74) is 0. The number of Topliss-reactive ketones (excluding diaryl/α,β-unsaturated/α-hetero) is 1. The lowest BCUT2D eigenvalue weighted by molar-refractivity contribution is -0.151. The molecule has 0 saturated heterocycles. The van der Waals surface area contributed by atoms with Crippen LogP contribution in [0.3, 0.4) is 0 Å². The molecule has 116 valence electrons. The summed E-state index contributed by atoms with van der Waals surface area (Å²) in [6, 6.07) is 0. The predicted molar refractivity (Wildman–Crippen MR) is 80.2 cm³/mol. The molecule has 0 aliphatic heterocycles. The first-order valence-corrected chi connectivity index (χ1v) is 8.50. The minimum Gasteiger partial charge on any atom is -0.392 e. The molecule has 0 aromatic heterocycles. The third kappa shape index (κ3) is 2.76. The van der Waals surface area contributed by atoms with Crippen LogP contribution in [0.1, 0.15) is 51.9 Å². The Morgan fingerprint density at radius 2 is 1.86 bits per heavy atom. The van der Waals surface area contributed by atoms with Gasteiger partial charge in [0.05, 0.1) is 12.0 Å². The van der Waals surface area contributed by atoms with Crippen molar-refractivity contribution >= 4 is 5.78 Å². The van der Waals surface area contributed by atoms with Gasteiger partial charge in [-0.1, -0.05) is 38.0 Å². The van der Waals surface area contributed by atoms with Crippen LogP contribution in [0.15, 0.2) is 0 Å². The Morgan fingerprint density at radius 3 is 2.57 bits per heavy atom. The third-order valence-corrected chi connectivity index (χ3v) is 5.95. The summed E-state index contributed by atoms with van der Waals surface area (Å²) in [7, 11) is 0. The summed E-state index contributed by atoms with van der Waals surface area (Å²) < 4.78 is 0. The van der Waals surface area contributed by atoms with Gasteiger partial charge in [-0.2, -0.15) is 0 Å². The Morgan fingerprint density at radius 1 is 1.14 bits per heavy atom. The van der Waals surface area contributed by atoms with Gasteiger partial charge < -0.3 is 10.2 Å². The molecule has 0 bridgehead atoms. The monoisotopic (exact) mass is 290 g/mol. The maximum Gasteiger partial charge on any atom is 0.139 e. The quantitative estimate of drug-likeness (QED) is 0.728. The fourth-order valence-electron chi connectivity index (χ4n) is 4.57. The summed E-state index contributed by atoms with van der Waals surface area (Å²) in [6.07, 6.45) is 6.22. The summed E-state index contributed by atoms with van der Waals surface area (Å²) in [5.74, 6) is 6.99. The maximum absolute atomic E-state index is 11.9. The van der Waals surface area contributed by atoms with Crippen molar-refractivity contribution in [2.45, 2.75) is 64.1 Å². The molecule has 21 heavy (non-hydrogen) atoms. The Bertz CT molecular complexity index is 455. The zero-order valence-corrected chi connectivity index (χ0v) is 12.8. The number of rotatable bonds is 1. The molecule has 0 aromatic rings. The summed E-state index contributed by atoms with van der Waals surface area (Å²) in [6.45, 7) is 1.95. The van der Waals surface area contributed by atoms with Crippen molar-refractivity contribution in [3.8, 4) is 11.8 Å². The molecule has 6 atom stereocenters. The number of carbonyl (C=O) groups excluding carboxylic acids is 1. The molecule has 3 aliphatic rings. The molecule has 3 saturated carbocycles. The lowest BCUT2D eigenvalue weighted by Gasteiger charge is -2.49. The van der Waals surface area contributed by atoms with Gasteiger partial charge in [0.25, 0.3) is 0 Å². The molecule has 3 nitrogen and oxygen atoms in total. The van der Waals surface area contributed by atoms with Crippen molar-refractivity contribution < 1.29 is 15.0 Å². The number of ketones is 1. The van der Waals surface area contributed by atoms with Crippen LogP contribution >= 0.6 is 0 Å². The molecule has 0 radical (unpaired) electrons. The second-order valence-corrected chi connectivity index (χ2v) is 7.18. The summed E-state index contributed by atoms with van der Waals surface area (Å²) in [4.78, 5) is 11.9. The van der Waals surface area contributed by atoms with Crippen LogP contribution in [0, 0.1) is 41.4 Å². The van der Waals surface area contributed by atoms with E-state index in [2.05, 4.69) is 11.8 Å². The molecule has 0 amide bonds. The highest BCUT2D eigenvalue weighted by molar-refractivity contribution is 5.90. The van der Waals surface area contributed by atoms with Gasteiger partial charge in [-0.15, -0.1) is 0 Å². The van der Waals surface area contributed by atoms with Crippen molar-refractivity contribution in [1.29, 1.82) is 0 Å². The molecule has 0 heterocycles. The van der Waals surface area contributed by atoms with Crippen LogP contribution in [0.4, 0.5) is 0 Å². The third-order valence-electron chi connectivity index (χ3n) is 5.95. The standard InChI is InChI=1S/C18H26O3/c1-11-17-13(16(20)10-8-14(17)18(11)21)7-9-15(19)12-5-3-2-4-6-12/h11-17,19-20H,2-6,8,10H2,1H3/t11-,13-,14+,15-,16-,17-/m1/s1. The van der Waals surface area contributed by atoms with Crippen molar-refractivity contribution in [1.82, 2.24) is 0 Å². The van der Waals surface area contributed by atoms with E-state index in [1.54, 1.807) is 0 Å². The number of fused-ring (bicyclic) bond motifs is 1. The highest BCUT2D eigenvalue weighted by atomic mass is 16.3. The minimum atomic E-state index is -0.566. The van der Waals surface area contributed by atoms with E-state index in [1.165, 1.54) is 19.3 Å². The molecular weight excluding hydrogens is 264 g/mol. The first kappa shape index (κ1) is 15.1. The van der Waals surface area contributed by atoms with Gasteiger partial charge in [0.2, 0.25) is 0 Å². The molecular formula is C18H26O3. The fraction of sp³-hybridized carbons (Fsp3) is 0.833. The molecule has 0 unspecified atom stereocenters. The zero-order chi connectivity index (χ0) is 15.0. The maximum atomic E-state index is 11.9.